The molecule has 5 heteroatoms. The van der Waals surface area contributed by atoms with Gasteiger partial charge in [0.15, 0.2) is 6.29 Å². The molecule has 0 aromatic heterocycles. The highest BCUT2D eigenvalue weighted by molar-refractivity contribution is 8.93. The number of likely N-dealkylation sites (N-methyl/N-ethyl adjacent to an activating group) is 1. The molecule has 0 aromatic rings. The molecule has 0 radical (unpaired) electrons. The van der Waals surface area contributed by atoms with Crippen LogP contribution in [0.15, 0.2) is 0 Å². The van der Waals surface area contributed by atoms with E-state index in [0.717, 1.165) is 6.54 Å². The topological polar surface area (TPSA) is 78.7 Å². The maximum atomic E-state index is 8.83. The first-order valence-electron chi connectivity index (χ1n) is 8.71. The molecule has 22 heavy (non-hydrogen) atoms. The van der Waals surface area contributed by atoms with Gasteiger partial charge in [-0.15, -0.1) is 17.0 Å². The van der Waals surface area contributed by atoms with Crippen LogP contribution in [0.2, 0.25) is 0 Å². The first-order valence-corrected chi connectivity index (χ1v) is 8.71. The predicted octanol–water partition coefficient (Wildman–Crippen LogP) is 4.67. The van der Waals surface area contributed by atoms with Crippen LogP contribution in [0.3, 0.4) is 0 Å². The molecule has 5 N–H and O–H groups in total. The average Bonchev–Trinajstić information content (AvgIpc) is 2.39. The summed E-state index contributed by atoms with van der Waals surface area (Å²) < 4.78 is 0. The van der Waals surface area contributed by atoms with Crippen molar-refractivity contribution in [2.45, 2.75) is 90.3 Å². The molecule has 0 aromatic carbocycles. The Labute approximate surface area is 149 Å². The molecule has 0 unspecified atom stereocenters. The SMILES string of the molecule is Br.CCCCCCCCCCCCCCN(C)CC(O)O.N. The molecule has 138 valence electrons. The summed E-state index contributed by atoms with van der Waals surface area (Å²) in [6.45, 7) is 3.59. The quantitative estimate of drug-likeness (QED) is 0.283. The highest BCUT2D eigenvalue weighted by Crippen LogP contribution is 2.11. The molecular formula is C17H41BrN2O2. The van der Waals surface area contributed by atoms with E-state index < -0.39 is 6.29 Å². The van der Waals surface area contributed by atoms with Crippen LogP contribution in [0.5, 0.6) is 0 Å². The summed E-state index contributed by atoms with van der Waals surface area (Å²) >= 11 is 0. The van der Waals surface area contributed by atoms with Gasteiger partial charge in [-0.05, 0) is 20.0 Å². The number of aliphatic hydroxyl groups excluding tert-OH is 1. The van der Waals surface area contributed by atoms with Crippen LogP contribution in [0.1, 0.15) is 84.0 Å². The van der Waals surface area contributed by atoms with Crippen LogP contribution in [-0.4, -0.2) is 41.5 Å². The van der Waals surface area contributed by atoms with Gasteiger partial charge in [-0.1, -0.05) is 77.6 Å². The zero-order valence-electron chi connectivity index (χ0n) is 14.9. The summed E-state index contributed by atoms with van der Waals surface area (Å²) in [4.78, 5) is 1.99. The minimum absolute atomic E-state index is 0. The number of rotatable bonds is 15. The van der Waals surface area contributed by atoms with Gasteiger partial charge in [0.05, 0.1) is 0 Å². The minimum Gasteiger partial charge on any atom is -0.367 e. The van der Waals surface area contributed by atoms with Crippen molar-refractivity contribution in [2.24, 2.45) is 0 Å². The number of aliphatic hydroxyl groups is 2. The van der Waals surface area contributed by atoms with E-state index in [0.29, 0.717) is 6.54 Å². The Bertz CT molecular complexity index is 195. The van der Waals surface area contributed by atoms with Gasteiger partial charge in [0.2, 0.25) is 0 Å². The van der Waals surface area contributed by atoms with Crippen molar-refractivity contribution >= 4 is 17.0 Å². The smallest absolute Gasteiger partial charge is 0.164 e. The Hall–Kier alpha value is 0.320. The van der Waals surface area contributed by atoms with E-state index >= 15 is 0 Å². The third kappa shape index (κ3) is 22.6. The van der Waals surface area contributed by atoms with E-state index in [9.17, 15) is 0 Å². The molecule has 0 heterocycles. The van der Waals surface area contributed by atoms with Crippen molar-refractivity contribution in [3.05, 3.63) is 0 Å². The summed E-state index contributed by atoms with van der Waals surface area (Å²) in [7, 11) is 1.94. The third-order valence-corrected chi connectivity index (χ3v) is 3.87. The standard InChI is InChI=1S/C17H37NO2.BrH.H3N/c1-3-4-5-6-7-8-9-10-11-12-13-14-15-18(2)16-17(19)20;;/h17,19-20H,3-16H2,1-2H3;1H;1H3. The van der Waals surface area contributed by atoms with Gasteiger partial charge in [-0.3, -0.25) is 0 Å². The zero-order chi connectivity index (χ0) is 15.1. The van der Waals surface area contributed by atoms with Crippen LogP contribution < -0.4 is 6.15 Å². The van der Waals surface area contributed by atoms with E-state index in [-0.39, 0.29) is 23.1 Å². The molecule has 0 aliphatic heterocycles. The van der Waals surface area contributed by atoms with Crippen molar-refractivity contribution in [2.75, 3.05) is 20.1 Å². The fourth-order valence-electron chi connectivity index (χ4n) is 2.59. The van der Waals surface area contributed by atoms with Crippen LogP contribution >= 0.6 is 17.0 Å². The molecule has 0 aliphatic rings. The third-order valence-electron chi connectivity index (χ3n) is 3.87. The number of hydrogen-bond acceptors (Lipinski definition) is 4. The lowest BCUT2D eigenvalue weighted by molar-refractivity contribution is -0.0573. The molecule has 0 amide bonds. The highest BCUT2D eigenvalue weighted by atomic mass is 79.9. The fourth-order valence-corrected chi connectivity index (χ4v) is 2.59. The largest absolute Gasteiger partial charge is 0.367 e. The van der Waals surface area contributed by atoms with Gasteiger partial charge < -0.3 is 21.3 Å². The van der Waals surface area contributed by atoms with Crippen molar-refractivity contribution in [3.63, 3.8) is 0 Å². The number of unbranched alkanes of at least 4 members (excludes halogenated alkanes) is 11. The first kappa shape index (κ1) is 27.2. The van der Waals surface area contributed by atoms with E-state index in [1.807, 2.05) is 11.9 Å². The molecule has 0 fully saturated rings. The Balaban J connectivity index is -0.00000180. The van der Waals surface area contributed by atoms with Gasteiger partial charge >= 0.3 is 0 Å². The molecule has 0 rings (SSSR count). The normalized spacial score (nSPS) is 10.6. The number of nitrogens with zero attached hydrogens (tertiary/aromatic N) is 1. The molecule has 0 saturated carbocycles. The summed E-state index contributed by atoms with van der Waals surface area (Å²) in [5.74, 6) is 0. The molecule has 0 aliphatic carbocycles. The van der Waals surface area contributed by atoms with Crippen LogP contribution in [0, 0.1) is 0 Å². The molecule has 0 spiro atoms. The van der Waals surface area contributed by atoms with Crippen LogP contribution in [0.4, 0.5) is 0 Å². The number of hydrogen-bond donors (Lipinski definition) is 3. The molecule has 0 saturated heterocycles. The lowest BCUT2D eigenvalue weighted by atomic mass is 10.1. The summed E-state index contributed by atoms with van der Waals surface area (Å²) in [6, 6.07) is 0. The molecular weight excluding hydrogens is 344 g/mol. The van der Waals surface area contributed by atoms with Crippen molar-refractivity contribution < 1.29 is 10.2 Å². The monoisotopic (exact) mass is 384 g/mol. The first-order chi connectivity index (χ1) is 9.66. The zero-order valence-corrected chi connectivity index (χ0v) is 16.6. The van der Waals surface area contributed by atoms with E-state index in [1.165, 1.54) is 77.0 Å². The van der Waals surface area contributed by atoms with Gasteiger partial charge in [-0.2, -0.15) is 0 Å². The van der Waals surface area contributed by atoms with Gasteiger partial charge in [0, 0.05) is 6.54 Å². The molecule has 0 bridgehead atoms. The minimum atomic E-state index is -1.20. The lowest BCUT2D eigenvalue weighted by Gasteiger charge is -2.17. The Morgan fingerprint density at radius 1 is 0.727 bits per heavy atom. The summed E-state index contributed by atoms with van der Waals surface area (Å²) in [5.41, 5.74) is 0. The Morgan fingerprint density at radius 2 is 1.09 bits per heavy atom. The van der Waals surface area contributed by atoms with Gasteiger partial charge in [-0.25, -0.2) is 0 Å². The maximum absolute atomic E-state index is 8.83. The number of halogens is 1. The van der Waals surface area contributed by atoms with Crippen molar-refractivity contribution in [1.82, 2.24) is 11.1 Å². The van der Waals surface area contributed by atoms with Gasteiger partial charge in [0.25, 0.3) is 0 Å². The lowest BCUT2D eigenvalue weighted by Crippen LogP contribution is -2.29. The Kier molecular flexibility index (Phi) is 26.3. The van der Waals surface area contributed by atoms with Crippen molar-refractivity contribution in [3.8, 4) is 0 Å². The fraction of sp³-hybridized carbons (Fsp3) is 1.00. The van der Waals surface area contributed by atoms with E-state index in [4.69, 9.17) is 10.2 Å². The summed E-state index contributed by atoms with van der Waals surface area (Å²) in [5, 5.41) is 17.7. The molecule has 4 nitrogen and oxygen atoms in total. The summed E-state index contributed by atoms with van der Waals surface area (Å²) in [6.07, 6.45) is 15.2. The second-order valence-electron chi connectivity index (χ2n) is 6.13. The highest BCUT2D eigenvalue weighted by Gasteiger charge is 2.03. The van der Waals surface area contributed by atoms with Gasteiger partial charge in [0.1, 0.15) is 0 Å². The Morgan fingerprint density at radius 3 is 1.45 bits per heavy atom. The van der Waals surface area contributed by atoms with Crippen molar-refractivity contribution in [1.29, 1.82) is 0 Å². The second-order valence-corrected chi connectivity index (χ2v) is 6.13. The van der Waals surface area contributed by atoms with E-state index in [2.05, 4.69) is 6.92 Å². The van der Waals surface area contributed by atoms with E-state index in [1.54, 1.807) is 0 Å². The predicted molar refractivity (Wildman–Crippen MR) is 102 cm³/mol. The average molecular weight is 385 g/mol. The van der Waals surface area contributed by atoms with Crippen LogP contribution in [0.25, 0.3) is 0 Å². The molecule has 0 atom stereocenters. The second kappa shape index (κ2) is 21.3. The van der Waals surface area contributed by atoms with Crippen LogP contribution in [-0.2, 0) is 0 Å². The maximum Gasteiger partial charge on any atom is 0.164 e.